The Kier molecular flexibility index (Phi) is 5.34. The van der Waals surface area contributed by atoms with E-state index in [2.05, 4.69) is 9.97 Å². The number of hydrogen-bond acceptors (Lipinski definition) is 4. The van der Waals surface area contributed by atoms with Crippen molar-refractivity contribution in [3.63, 3.8) is 0 Å². The first-order valence-electron chi connectivity index (χ1n) is 9.09. The van der Waals surface area contributed by atoms with Crippen molar-refractivity contribution in [3.8, 4) is 0 Å². The molecule has 0 bridgehead atoms. The van der Waals surface area contributed by atoms with E-state index in [9.17, 15) is 9.18 Å². The standard InChI is InChI=1S/C21H20FN3OS/c22-17-5-3-4-16(12-17)14-27-20-18-6-1-2-7-19(18)25(21(26)24-20)13-15-8-10-23-11-9-15/h3-5,8-12H,1-2,6-7,13-14H2. The Bertz CT molecular complexity index is 1000. The Labute approximate surface area is 161 Å². The summed E-state index contributed by atoms with van der Waals surface area (Å²) in [4.78, 5) is 21.2. The van der Waals surface area contributed by atoms with Crippen LogP contribution >= 0.6 is 11.8 Å². The highest BCUT2D eigenvalue weighted by atomic mass is 32.2. The molecule has 138 valence electrons. The van der Waals surface area contributed by atoms with Crippen LogP contribution in [0.4, 0.5) is 4.39 Å². The van der Waals surface area contributed by atoms with Gasteiger partial charge in [-0.15, -0.1) is 11.8 Å². The molecule has 0 saturated heterocycles. The Balaban J connectivity index is 1.65. The molecule has 0 amide bonds. The minimum absolute atomic E-state index is 0.214. The topological polar surface area (TPSA) is 47.8 Å². The number of pyridine rings is 1. The average Bonchev–Trinajstić information content (AvgIpc) is 2.70. The van der Waals surface area contributed by atoms with Crippen molar-refractivity contribution >= 4 is 11.8 Å². The largest absolute Gasteiger partial charge is 0.349 e. The Morgan fingerprint density at radius 3 is 2.70 bits per heavy atom. The van der Waals surface area contributed by atoms with E-state index in [0.717, 1.165) is 47.5 Å². The lowest BCUT2D eigenvalue weighted by Gasteiger charge is -2.22. The van der Waals surface area contributed by atoms with Gasteiger partial charge in [-0.2, -0.15) is 4.98 Å². The molecule has 4 nitrogen and oxygen atoms in total. The first-order valence-corrected chi connectivity index (χ1v) is 10.1. The first kappa shape index (κ1) is 17.9. The van der Waals surface area contributed by atoms with Crippen molar-refractivity contribution in [2.24, 2.45) is 0 Å². The molecule has 0 N–H and O–H groups in total. The van der Waals surface area contributed by atoms with Gasteiger partial charge in [-0.1, -0.05) is 12.1 Å². The Morgan fingerprint density at radius 2 is 1.89 bits per heavy atom. The normalized spacial score (nSPS) is 13.4. The van der Waals surface area contributed by atoms with Crippen molar-refractivity contribution in [2.45, 2.75) is 43.0 Å². The average molecular weight is 381 g/mol. The van der Waals surface area contributed by atoms with Gasteiger partial charge in [0.1, 0.15) is 10.8 Å². The fourth-order valence-electron chi connectivity index (χ4n) is 3.48. The lowest BCUT2D eigenvalue weighted by molar-refractivity contribution is 0.569. The van der Waals surface area contributed by atoms with Gasteiger partial charge in [0, 0.05) is 29.4 Å². The summed E-state index contributed by atoms with van der Waals surface area (Å²) in [6, 6.07) is 10.4. The van der Waals surface area contributed by atoms with Crippen LogP contribution in [0, 0.1) is 5.82 Å². The Morgan fingerprint density at radius 1 is 1.07 bits per heavy atom. The third-order valence-corrected chi connectivity index (χ3v) is 5.89. The van der Waals surface area contributed by atoms with Crippen LogP contribution < -0.4 is 5.69 Å². The molecule has 0 saturated carbocycles. The lowest BCUT2D eigenvalue weighted by Crippen LogP contribution is -2.30. The van der Waals surface area contributed by atoms with Gasteiger partial charge in [0.2, 0.25) is 0 Å². The summed E-state index contributed by atoms with van der Waals surface area (Å²) < 4.78 is 15.2. The molecule has 6 heteroatoms. The predicted octanol–water partition coefficient (Wildman–Crippen LogP) is 4.00. The molecule has 0 unspecified atom stereocenters. The number of nitrogens with zero attached hydrogens (tertiary/aromatic N) is 3. The fraction of sp³-hybridized carbons (Fsp3) is 0.286. The van der Waals surface area contributed by atoms with Gasteiger partial charge in [-0.3, -0.25) is 9.55 Å². The number of fused-ring (bicyclic) bond motifs is 1. The van der Waals surface area contributed by atoms with E-state index in [4.69, 9.17) is 0 Å². The molecular formula is C21H20FN3OS. The zero-order valence-electron chi connectivity index (χ0n) is 14.9. The van der Waals surface area contributed by atoms with Crippen molar-refractivity contribution in [2.75, 3.05) is 0 Å². The summed E-state index contributed by atoms with van der Waals surface area (Å²) in [6.45, 7) is 0.519. The van der Waals surface area contributed by atoms with Crippen LogP contribution in [0.15, 0.2) is 58.6 Å². The number of halogens is 1. The van der Waals surface area contributed by atoms with E-state index in [0.29, 0.717) is 12.3 Å². The molecule has 1 aromatic carbocycles. The monoisotopic (exact) mass is 381 g/mol. The molecule has 0 aliphatic heterocycles. The van der Waals surface area contributed by atoms with E-state index >= 15 is 0 Å². The first-order chi connectivity index (χ1) is 13.2. The molecule has 27 heavy (non-hydrogen) atoms. The van der Waals surface area contributed by atoms with Gasteiger partial charge in [-0.25, -0.2) is 9.18 Å². The number of rotatable bonds is 5. The number of aromatic nitrogens is 3. The molecule has 0 spiro atoms. The minimum atomic E-state index is -0.240. The second-order valence-electron chi connectivity index (χ2n) is 6.69. The SMILES string of the molecule is O=c1nc(SCc2cccc(F)c2)c2c(n1Cc1ccncc1)CCCC2. The van der Waals surface area contributed by atoms with Crippen molar-refractivity contribution in [3.05, 3.63) is 87.5 Å². The van der Waals surface area contributed by atoms with Crippen LogP contribution in [0.5, 0.6) is 0 Å². The van der Waals surface area contributed by atoms with Crippen LogP contribution in [-0.4, -0.2) is 14.5 Å². The summed E-state index contributed by atoms with van der Waals surface area (Å²) in [5, 5.41) is 0.796. The zero-order valence-corrected chi connectivity index (χ0v) is 15.7. The van der Waals surface area contributed by atoms with Crippen LogP contribution in [0.3, 0.4) is 0 Å². The second-order valence-corrected chi connectivity index (χ2v) is 7.66. The summed E-state index contributed by atoms with van der Waals surface area (Å²) in [7, 11) is 0. The van der Waals surface area contributed by atoms with E-state index < -0.39 is 0 Å². The van der Waals surface area contributed by atoms with E-state index in [1.807, 2.05) is 18.2 Å². The molecule has 0 fully saturated rings. The smallest absolute Gasteiger partial charge is 0.292 e. The van der Waals surface area contributed by atoms with Gasteiger partial charge in [-0.05, 0) is 61.1 Å². The van der Waals surface area contributed by atoms with E-state index in [-0.39, 0.29) is 11.5 Å². The highest BCUT2D eigenvalue weighted by Gasteiger charge is 2.20. The quantitative estimate of drug-likeness (QED) is 0.495. The summed E-state index contributed by atoms with van der Waals surface area (Å²) in [6.07, 6.45) is 7.50. The molecule has 4 rings (SSSR count). The van der Waals surface area contributed by atoms with E-state index in [1.54, 1.807) is 23.0 Å². The maximum Gasteiger partial charge on any atom is 0.349 e. The number of benzene rings is 1. The molecule has 1 aliphatic rings. The molecule has 2 aromatic heterocycles. The van der Waals surface area contributed by atoms with Crippen LogP contribution in [-0.2, 0) is 25.1 Å². The van der Waals surface area contributed by atoms with Gasteiger partial charge >= 0.3 is 5.69 Å². The molecular weight excluding hydrogens is 361 g/mol. The van der Waals surface area contributed by atoms with Crippen LogP contribution in [0.25, 0.3) is 0 Å². The van der Waals surface area contributed by atoms with Gasteiger partial charge < -0.3 is 0 Å². The third-order valence-electron chi connectivity index (χ3n) is 4.81. The lowest BCUT2D eigenvalue weighted by atomic mass is 9.97. The zero-order chi connectivity index (χ0) is 18.6. The maximum absolute atomic E-state index is 13.4. The third kappa shape index (κ3) is 4.11. The van der Waals surface area contributed by atoms with Crippen molar-refractivity contribution < 1.29 is 4.39 Å². The second kappa shape index (κ2) is 8.05. The van der Waals surface area contributed by atoms with Crippen molar-refractivity contribution in [1.82, 2.24) is 14.5 Å². The number of thioether (sulfide) groups is 1. The molecule has 0 atom stereocenters. The number of hydrogen-bond donors (Lipinski definition) is 0. The van der Waals surface area contributed by atoms with Crippen LogP contribution in [0.2, 0.25) is 0 Å². The highest BCUT2D eigenvalue weighted by molar-refractivity contribution is 7.98. The van der Waals surface area contributed by atoms with Gasteiger partial charge in [0.15, 0.2) is 0 Å². The summed E-state index contributed by atoms with van der Waals surface area (Å²) >= 11 is 1.52. The summed E-state index contributed by atoms with van der Waals surface area (Å²) in [5.41, 5.74) is 4.00. The van der Waals surface area contributed by atoms with Crippen LogP contribution in [0.1, 0.15) is 35.2 Å². The predicted molar refractivity (Wildman–Crippen MR) is 104 cm³/mol. The van der Waals surface area contributed by atoms with E-state index in [1.165, 1.54) is 29.5 Å². The van der Waals surface area contributed by atoms with Gasteiger partial charge in [0.05, 0.1) is 6.54 Å². The molecule has 3 aromatic rings. The Hall–Kier alpha value is -2.47. The molecule has 0 radical (unpaired) electrons. The fourth-order valence-corrected chi connectivity index (χ4v) is 4.50. The molecule has 2 heterocycles. The minimum Gasteiger partial charge on any atom is -0.292 e. The maximum atomic E-state index is 13.4. The summed E-state index contributed by atoms with van der Waals surface area (Å²) in [5.74, 6) is 0.362. The molecule has 1 aliphatic carbocycles. The highest BCUT2D eigenvalue weighted by Crippen LogP contribution is 2.30. The van der Waals surface area contributed by atoms with Gasteiger partial charge in [0.25, 0.3) is 0 Å². The van der Waals surface area contributed by atoms with Crippen molar-refractivity contribution in [1.29, 1.82) is 0 Å².